The van der Waals surface area contributed by atoms with Gasteiger partial charge in [-0.25, -0.2) is 4.98 Å². The molecule has 0 radical (unpaired) electrons. The topological polar surface area (TPSA) is 68.0 Å². The van der Waals surface area contributed by atoms with Crippen molar-refractivity contribution in [3.63, 3.8) is 0 Å². The summed E-state index contributed by atoms with van der Waals surface area (Å²) < 4.78 is 0. The number of nitrogens with two attached hydrogens (primary N) is 1. The molecule has 4 nitrogen and oxygen atoms in total. The SMILES string of the molecule is Cc1cnc(Cl)c(NC(=O)[C@@H](N)Cc2ccccc2)c1. The second kappa shape index (κ2) is 6.50. The molecule has 2 aromatic rings. The lowest BCUT2D eigenvalue weighted by Gasteiger charge is -2.13. The minimum Gasteiger partial charge on any atom is -0.322 e. The monoisotopic (exact) mass is 289 g/mol. The van der Waals surface area contributed by atoms with E-state index in [1.807, 2.05) is 37.3 Å². The van der Waals surface area contributed by atoms with Crippen molar-refractivity contribution in [2.24, 2.45) is 5.73 Å². The number of halogens is 1. The largest absolute Gasteiger partial charge is 0.322 e. The predicted octanol–water partition coefficient (Wildman–Crippen LogP) is 2.55. The summed E-state index contributed by atoms with van der Waals surface area (Å²) in [6.45, 7) is 1.88. The van der Waals surface area contributed by atoms with Gasteiger partial charge in [-0.05, 0) is 30.5 Å². The number of aromatic nitrogens is 1. The Bertz CT molecular complexity index is 601. The normalized spacial score (nSPS) is 11.9. The van der Waals surface area contributed by atoms with E-state index < -0.39 is 6.04 Å². The molecule has 0 saturated carbocycles. The van der Waals surface area contributed by atoms with Crippen LogP contribution in [0.3, 0.4) is 0 Å². The molecular weight excluding hydrogens is 274 g/mol. The molecule has 0 saturated heterocycles. The summed E-state index contributed by atoms with van der Waals surface area (Å²) >= 11 is 5.94. The standard InChI is InChI=1S/C15H16ClN3O/c1-10-7-13(14(16)18-9-10)19-15(20)12(17)8-11-5-3-2-4-6-11/h2-7,9,12H,8,17H2,1H3,(H,19,20)/t12-/m0/s1. The third-order valence-corrected chi connectivity index (χ3v) is 3.17. The van der Waals surface area contributed by atoms with Gasteiger partial charge in [0.25, 0.3) is 0 Å². The molecule has 0 unspecified atom stereocenters. The van der Waals surface area contributed by atoms with E-state index in [0.29, 0.717) is 12.1 Å². The second-order valence-corrected chi connectivity index (χ2v) is 4.99. The third kappa shape index (κ3) is 3.79. The average Bonchev–Trinajstić information content (AvgIpc) is 2.44. The van der Waals surface area contributed by atoms with E-state index in [0.717, 1.165) is 11.1 Å². The zero-order valence-corrected chi connectivity index (χ0v) is 11.9. The summed E-state index contributed by atoms with van der Waals surface area (Å²) in [5.41, 5.74) is 8.33. The Kier molecular flexibility index (Phi) is 4.71. The summed E-state index contributed by atoms with van der Waals surface area (Å²) in [6.07, 6.45) is 2.12. The van der Waals surface area contributed by atoms with E-state index in [2.05, 4.69) is 10.3 Å². The van der Waals surface area contributed by atoms with Crippen LogP contribution in [0.2, 0.25) is 5.15 Å². The number of pyridine rings is 1. The number of aryl methyl sites for hydroxylation is 1. The summed E-state index contributed by atoms with van der Waals surface area (Å²) in [5, 5.41) is 2.97. The number of benzene rings is 1. The zero-order valence-electron chi connectivity index (χ0n) is 11.1. The lowest BCUT2D eigenvalue weighted by Crippen LogP contribution is -2.37. The average molecular weight is 290 g/mol. The van der Waals surface area contributed by atoms with Crippen molar-refractivity contribution in [1.82, 2.24) is 4.98 Å². The number of carbonyl (C=O) groups is 1. The van der Waals surface area contributed by atoms with E-state index in [4.69, 9.17) is 17.3 Å². The van der Waals surface area contributed by atoms with Crippen molar-refractivity contribution in [3.05, 3.63) is 58.9 Å². The molecule has 1 aromatic carbocycles. The van der Waals surface area contributed by atoms with E-state index in [-0.39, 0.29) is 11.1 Å². The number of hydrogen-bond donors (Lipinski definition) is 2. The minimum absolute atomic E-state index is 0.260. The highest BCUT2D eigenvalue weighted by molar-refractivity contribution is 6.32. The lowest BCUT2D eigenvalue weighted by atomic mass is 10.1. The number of amides is 1. The van der Waals surface area contributed by atoms with E-state index in [1.54, 1.807) is 12.3 Å². The van der Waals surface area contributed by atoms with Crippen LogP contribution in [0.25, 0.3) is 0 Å². The van der Waals surface area contributed by atoms with Crippen molar-refractivity contribution in [2.45, 2.75) is 19.4 Å². The van der Waals surface area contributed by atoms with E-state index >= 15 is 0 Å². The first kappa shape index (κ1) is 14.5. The Morgan fingerprint density at radius 3 is 2.80 bits per heavy atom. The Morgan fingerprint density at radius 2 is 2.10 bits per heavy atom. The first-order chi connectivity index (χ1) is 9.56. The van der Waals surface area contributed by atoms with Crippen LogP contribution < -0.4 is 11.1 Å². The maximum absolute atomic E-state index is 12.1. The highest BCUT2D eigenvalue weighted by Crippen LogP contribution is 2.20. The van der Waals surface area contributed by atoms with Crippen molar-refractivity contribution in [1.29, 1.82) is 0 Å². The molecular formula is C15H16ClN3O. The summed E-state index contributed by atoms with van der Waals surface area (Å²) in [7, 11) is 0. The molecule has 0 spiro atoms. The van der Waals surface area contributed by atoms with Gasteiger partial charge >= 0.3 is 0 Å². The van der Waals surface area contributed by atoms with E-state index in [9.17, 15) is 4.79 Å². The van der Waals surface area contributed by atoms with Gasteiger partial charge < -0.3 is 11.1 Å². The maximum Gasteiger partial charge on any atom is 0.241 e. The zero-order chi connectivity index (χ0) is 14.5. The molecule has 2 rings (SSSR count). The van der Waals surface area contributed by atoms with Crippen molar-refractivity contribution in [3.8, 4) is 0 Å². The fourth-order valence-corrected chi connectivity index (χ4v) is 1.98. The van der Waals surface area contributed by atoms with Crippen LogP contribution in [0, 0.1) is 6.92 Å². The second-order valence-electron chi connectivity index (χ2n) is 4.64. The molecule has 0 fully saturated rings. The molecule has 0 aliphatic carbocycles. The Morgan fingerprint density at radius 1 is 1.40 bits per heavy atom. The van der Waals surface area contributed by atoms with Crippen LogP contribution in [-0.2, 0) is 11.2 Å². The number of nitrogens with one attached hydrogen (secondary N) is 1. The van der Waals surface area contributed by atoms with Gasteiger partial charge in [0.2, 0.25) is 5.91 Å². The molecule has 3 N–H and O–H groups in total. The van der Waals surface area contributed by atoms with Gasteiger partial charge in [-0.3, -0.25) is 4.79 Å². The smallest absolute Gasteiger partial charge is 0.241 e. The minimum atomic E-state index is -0.631. The molecule has 104 valence electrons. The maximum atomic E-state index is 12.1. The van der Waals surface area contributed by atoms with Gasteiger partial charge in [-0.1, -0.05) is 41.9 Å². The quantitative estimate of drug-likeness (QED) is 0.850. The number of hydrogen-bond acceptors (Lipinski definition) is 3. The number of nitrogens with zero attached hydrogens (tertiary/aromatic N) is 1. The van der Waals surface area contributed by atoms with Gasteiger partial charge in [0.15, 0.2) is 5.15 Å². The summed E-state index contributed by atoms with van der Waals surface area (Å²) in [4.78, 5) is 16.0. The van der Waals surface area contributed by atoms with Crippen LogP contribution in [0.4, 0.5) is 5.69 Å². The fourth-order valence-electron chi connectivity index (χ4n) is 1.83. The van der Waals surface area contributed by atoms with Crippen LogP contribution in [0.5, 0.6) is 0 Å². The van der Waals surface area contributed by atoms with Gasteiger partial charge in [-0.15, -0.1) is 0 Å². The fraction of sp³-hybridized carbons (Fsp3) is 0.200. The van der Waals surface area contributed by atoms with Gasteiger partial charge in [0.05, 0.1) is 11.7 Å². The van der Waals surface area contributed by atoms with Crippen LogP contribution in [0.15, 0.2) is 42.6 Å². The molecule has 0 bridgehead atoms. The highest BCUT2D eigenvalue weighted by Gasteiger charge is 2.15. The molecule has 1 atom stereocenters. The van der Waals surface area contributed by atoms with E-state index in [1.165, 1.54) is 0 Å². The summed E-state index contributed by atoms with van der Waals surface area (Å²) in [5.74, 6) is -0.275. The molecule has 0 aliphatic heterocycles. The van der Waals surface area contributed by atoms with Crippen LogP contribution in [0.1, 0.15) is 11.1 Å². The molecule has 20 heavy (non-hydrogen) atoms. The molecule has 5 heteroatoms. The number of anilines is 1. The highest BCUT2D eigenvalue weighted by atomic mass is 35.5. The van der Waals surface area contributed by atoms with Gasteiger partial charge in [0.1, 0.15) is 0 Å². The van der Waals surface area contributed by atoms with Crippen LogP contribution >= 0.6 is 11.6 Å². The van der Waals surface area contributed by atoms with Gasteiger partial charge in [0, 0.05) is 6.20 Å². The molecule has 1 heterocycles. The molecule has 1 amide bonds. The van der Waals surface area contributed by atoms with Crippen molar-refractivity contribution in [2.75, 3.05) is 5.32 Å². The molecule has 0 aliphatic rings. The first-order valence-corrected chi connectivity index (χ1v) is 6.66. The number of rotatable bonds is 4. The summed E-state index contributed by atoms with van der Waals surface area (Å²) in [6, 6.07) is 10.8. The van der Waals surface area contributed by atoms with Crippen LogP contribution in [-0.4, -0.2) is 16.9 Å². The predicted molar refractivity (Wildman–Crippen MR) is 80.7 cm³/mol. The third-order valence-electron chi connectivity index (χ3n) is 2.87. The Balaban J connectivity index is 2.02. The first-order valence-electron chi connectivity index (χ1n) is 6.29. The number of carbonyl (C=O) groups excluding carboxylic acids is 1. The van der Waals surface area contributed by atoms with Crippen molar-refractivity contribution < 1.29 is 4.79 Å². The van der Waals surface area contributed by atoms with Gasteiger partial charge in [-0.2, -0.15) is 0 Å². The van der Waals surface area contributed by atoms with Crippen molar-refractivity contribution >= 4 is 23.2 Å². The Labute approximate surface area is 123 Å². The Hall–Kier alpha value is -1.91. The molecule has 1 aromatic heterocycles. The lowest BCUT2D eigenvalue weighted by molar-refractivity contribution is -0.117.